The number of amides is 1. The molecule has 21 heavy (non-hydrogen) atoms. The maximum atomic E-state index is 12.5. The van der Waals surface area contributed by atoms with Gasteiger partial charge in [-0.2, -0.15) is 0 Å². The number of rotatable bonds is 3. The summed E-state index contributed by atoms with van der Waals surface area (Å²) in [6, 6.07) is 0. The third-order valence-electron chi connectivity index (χ3n) is 5.58. The molecule has 0 bridgehead atoms. The van der Waals surface area contributed by atoms with E-state index in [2.05, 4.69) is 22.9 Å². The van der Waals surface area contributed by atoms with E-state index < -0.39 is 0 Å². The summed E-state index contributed by atoms with van der Waals surface area (Å²) in [5, 5.41) is 0. The van der Waals surface area contributed by atoms with Crippen LogP contribution in [0.2, 0.25) is 0 Å². The van der Waals surface area contributed by atoms with Crippen molar-refractivity contribution in [1.29, 1.82) is 0 Å². The van der Waals surface area contributed by atoms with Crippen molar-refractivity contribution in [3.05, 3.63) is 11.6 Å². The molecule has 2 aliphatic heterocycles. The molecule has 0 aromatic rings. The molecule has 1 unspecified atom stereocenters. The number of hydrogen-bond donors (Lipinski definition) is 0. The quantitative estimate of drug-likeness (QED) is 0.798. The van der Waals surface area contributed by atoms with Gasteiger partial charge in [0.15, 0.2) is 0 Å². The van der Waals surface area contributed by atoms with E-state index in [1.807, 2.05) is 0 Å². The SMILES string of the molecule is COCC1CCN(C)C2(C1)CN(C(=O)C1=CCCCC1)C2. The van der Waals surface area contributed by atoms with Crippen LogP contribution in [0.5, 0.6) is 0 Å². The van der Waals surface area contributed by atoms with Crippen LogP contribution in [-0.4, -0.2) is 61.6 Å². The first-order valence-electron chi connectivity index (χ1n) is 8.33. The fourth-order valence-corrected chi connectivity index (χ4v) is 4.20. The first-order chi connectivity index (χ1) is 10.1. The Morgan fingerprint density at radius 2 is 2.24 bits per heavy atom. The Balaban J connectivity index is 1.60. The van der Waals surface area contributed by atoms with E-state index in [9.17, 15) is 4.79 Å². The summed E-state index contributed by atoms with van der Waals surface area (Å²) in [7, 11) is 4.00. The number of carbonyl (C=O) groups excluding carboxylic acids is 1. The van der Waals surface area contributed by atoms with E-state index in [1.165, 1.54) is 25.7 Å². The van der Waals surface area contributed by atoms with Crippen molar-refractivity contribution >= 4 is 5.91 Å². The van der Waals surface area contributed by atoms with E-state index in [-0.39, 0.29) is 5.54 Å². The van der Waals surface area contributed by atoms with E-state index in [0.29, 0.717) is 11.8 Å². The summed E-state index contributed by atoms with van der Waals surface area (Å²) < 4.78 is 5.34. The molecule has 4 nitrogen and oxygen atoms in total. The van der Waals surface area contributed by atoms with Gasteiger partial charge >= 0.3 is 0 Å². The summed E-state index contributed by atoms with van der Waals surface area (Å²) in [4.78, 5) is 17.1. The van der Waals surface area contributed by atoms with Crippen molar-refractivity contribution in [3.63, 3.8) is 0 Å². The summed E-state index contributed by atoms with van der Waals surface area (Å²) in [6.45, 7) is 3.78. The molecule has 118 valence electrons. The van der Waals surface area contributed by atoms with Gasteiger partial charge in [-0.05, 0) is 58.0 Å². The molecule has 0 N–H and O–H groups in total. The maximum Gasteiger partial charge on any atom is 0.249 e. The van der Waals surface area contributed by atoms with Gasteiger partial charge in [0.25, 0.3) is 0 Å². The summed E-state index contributed by atoms with van der Waals surface area (Å²) >= 11 is 0. The molecule has 1 aliphatic carbocycles. The Bertz CT molecular complexity index is 427. The lowest BCUT2D eigenvalue weighted by Gasteiger charge is -2.58. The second-order valence-corrected chi connectivity index (χ2v) is 7.10. The molecule has 1 spiro atoms. The van der Waals surface area contributed by atoms with Crippen molar-refractivity contribution in [1.82, 2.24) is 9.80 Å². The number of likely N-dealkylation sites (tertiary alicyclic amines) is 2. The van der Waals surface area contributed by atoms with Crippen LogP contribution in [-0.2, 0) is 9.53 Å². The highest BCUT2D eigenvalue weighted by atomic mass is 16.5. The number of nitrogens with zero attached hydrogens (tertiary/aromatic N) is 2. The van der Waals surface area contributed by atoms with Gasteiger partial charge in [-0.3, -0.25) is 9.69 Å². The second-order valence-electron chi connectivity index (χ2n) is 7.10. The molecular weight excluding hydrogens is 264 g/mol. The molecule has 3 rings (SSSR count). The van der Waals surface area contributed by atoms with Gasteiger partial charge in [-0.25, -0.2) is 0 Å². The number of likely N-dealkylation sites (N-methyl/N-ethyl adjacent to an activating group) is 1. The highest BCUT2D eigenvalue weighted by molar-refractivity contribution is 5.94. The van der Waals surface area contributed by atoms with Gasteiger partial charge in [0.05, 0.1) is 5.54 Å². The van der Waals surface area contributed by atoms with Crippen LogP contribution in [0.1, 0.15) is 38.5 Å². The van der Waals surface area contributed by atoms with Crippen LogP contribution in [0, 0.1) is 5.92 Å². The normalized spacial score (nSPS) is 29.1. The maximum absolute atomic E-state index is 12.5. The van der Waals surface area contributed by atoms with Gasteiger partial charge in [-0.1, -0.05) is 6.08 Å². The van der Waals surface area contributed by atoms with Crippen LogP contribution in [0.4, 0.5) is 0 Å². The molecule has 1 amide bonds. The largest absolute Gasteiger partial charge is 0.384 e. The highest BCUT2D eigenvalue weighted by Crippen LogP contribution is 2.39. The van der Waals surface area contributed by atoms with Crippen LogP contribution in [0.15, 0.2) is 11.6 Å². The standard InChI is InChI=1S/C17H28N2O2/c1-18-9-8-14(11-21-2)10-17(18)12-19(13-17)16(20)15-6-4-3-5-7-15/h6,14H,3-5,7-13H2,1-2H3. The highest BCUT2D eigenvalue weighted by Gasteiger charge is 2.51. The first-order valence-corrected chi connectivity index (χ1v) is 8.33. The van der Waals surface area contributed by atoms with Gasteiger partial charge in [0.2, 0.25) is 5.91 Å². The van der Waals surface area contributed by atoms with Crippen LogP contribution in [0.25, 0.3) is 0 Å². The van der Waals surface area contributed by atoms with Crippen molar-refractivity contribution in [3.8, 4) is 0 Å². The average molecular weight is 292 g/mol. The molecule has 2 fully saturated rings. The van der Waals surface area contributed by atoms with Crippen molar-refractivity contribution in [2.24, 2.45) is 5.92 Å². The number of hydrogen-bond acceptors (Lipinski definition) is 3. The Morgan fingerprint density at radius 1 is 1.43 bits per heavy atom. The van der Waals surface area contributed by atoms with Crippen molar-refractivity contribution in [2.75, 3.05) is 40.4 Å². The number of ether oxygens (including phenoxy) is 1. The Hall–Kier alpha value is -0.870. The lowest BCUT2D eigenvalue weighted by atomic mass is 9.75. The van der Waals surface area contributed by atoms with Crippen LogP contribution in [0.3, 0.4) is 0 Å². The lowest BCUT2D eigenvalue weighted by Crippen LogP contribution is -2.72. The zero-order valence-corrected chi connectivity index (χ0v) is 13.4. The number of carbonyl (C=O) groups is 1. The molecular formula is C17H28N2O2. The fraction of sp³-hybridized carbons (Fsp3) is 0.824. The van der Waals surface area contributed by atoms with Gasteiger partial charge < -0.3 is 9.64 Å². The molecule has 0 aromatic heterocycles. The molecule has 0 saturated carbocycles. The number of piperidine rings is 1. The van der Waals surface area contributed by atoms with Gasteiger partial charge in [0, 0.05) is 32.4 Å². The van der Waals surface area contributed by atoms with E-state index in [0.717, 1.165) is 44.7 Å². The molecule has 0 aromatic carbocycles. The summed E-state index contributed by atoms with van der Waals surface area (Å²) in [6.07, 6.45) is 9.01. The molecule has 2 saturated heterocycles. The molecule has 3 aliphatic rings. The number of allylic oxidation sites excluding steroid dienone is 1. The Labute approximate surface area is 128 Å². The topological polar surface area (TPSA) is 32.8 Å². The minimum absolute atomic E-state index is 0.215. The van der Waals surface area contributed by atoms with E-state index in [1.54, 1.807) is 7.11 Å². The molecule has 2 heterocycles. The second kappa shape index (κ2) is 6.09. The van der Waals surface area contributed by atoms with Crippen molar-refractivity contribution < 1.29 is 9.53 Å². The third-order valence-corrected chi connectivity index (χ3v) is 5.58. The molecule has 1 atom stereocenters. The minimum atomic E-state index is 0.215. The van der Waals surface area contributed by atoms with Crippen molar-refractivity contribution in [2.45, 2.75) is 44.1 Å². The molecule has 4 heteroatoms. The summed E-state index contributed by atoms with van der Waals surface area (Å²) in [5.74, 6) is 0.944. The first kappa shape index (κ1) is 15.0. The lowest BCUT2D eigenvalue weighted by molar-refractivity contribution is -0.147. The zero-order chi connectivity index (χ0) is 14.9. The third kappa shape index (κ3) is 2.88. The minimum Gasteiger partial charge on any atom is -0.384 e. The number of methoxy groups -OCH3 is 1. The predicted molar refractivity (Wildman–Crippen MR) is 83.1 cm³/mol. The van der Waals surface area contributed by atoms with E-state index in [4.69, 9.17) is 4.74 Å². The Morgan fingerprint density at radius 3 is 2.90 bits per heavy atom. The predicted octanol–water partition coefficient (Wildman–Crippen LogP) is 2.06. The zero-order valence-electron chi connectivity index (χ0n) is 13.4. The van der Waals surface area contributed by atoms with Crippen LogP contribution < -0.4 is 0 Å². The average Bonchev–Trinajstić information content (AvgIpc) is 2.47. The monoisotopic (exact) mass is 292 g/mol. The van der Waals surface area contributed by atoms with E-state index >= 15 is 0 Å². The smallest absolute Gasteiger partial charge is 0.249 e. The van der Waals surface area contributed by atoms with Crippen LogP contribution >= 0.6 is 0 Å². The summed E-state index contributed by atoms with van der Waals surface area (Å²) in [5.41, 5.74) is 1.27. The van der Waals surface area contributed by atoms with Gasteiger partial charge in [0.1, 0.15) is 0 Å². The Kier molecular flexibility index (Phi) is 4.36. The van der Waals surface area contributed by atoms with Gasteiger partial charge in [-0.15, -0.1) is 0 Å². The fourth-order valence-electron chi connectivity index (χ4n) is 4.20. The molecule has 0 radical (unpaired) electrons.